The molecule has 17 heavy (non-hydrogen) atoms. The van der Waals surface area contributed by atoms with E-state index in [0.717, 1.165) is 9.64 Å². The van der Waals surface area contributed by atoms with Crippen LogP contribution in [0.1, 0.15) is 10.4 Å². The first-order valence-corrected chi connectivity index (χ1v) is 7.38. The van der Waals surface area contributed by atoms with E-state index in [2.05, 4.69) is 20.9 Å². The van der Waals surface area contributed by atoms with Crippen molar-refractivity contribution in [2.75, 3.05) is 19.3 Å². The van der Waals surface area contributed by atoms with E-state index in [1.807, 2.05) is 12.3 Å². The van der Waals surface area contributed by atoms with Crippen molar-refractivity contribution >= 4 is 50.4 Å². The molecule has 1 aromatic rings. The van der Waals surface area contributed by atoms with Gasteiger partial charge in [-0.15, -0.1) is 0 Å². The summed E-state index contributed by atoms with van der Waals surface area (Å²) in [4.78, 5) is 18.2. The second-order valence-electron chi connectivity index (χ2n) is 3.45. The van der Waals surface area contributed by atoms with E-state index in [1.54, 1.807) is 17.0 Å². The maximum Gasteiger partial charge on any atom is 0.261 e. The Kier molecular flexibility index (Phi) is 4.12. The molecule has 0 bridgehead atoms. The number of amidine groups is 1. The highest BCUT2D eigenvalue weighted by molar-refractivity contribution is 9.10. The van der Waals surface area contributed by atoms with Crippen molar-refractivity contribution in [3.63, 3.8) is 0 Å². The van der Waals surface area contributed by atoms with Crippen molar-refractivity contribution in [1.82, 2.24) is 4.90 Å². The SMILES string of the molecule is CSC1=NCCN1C(=O)c1cc(Br)ccc1Cl. The lowest BCUT2D eigenvalue weighted by molar-refractivity contribution is 0.0861. The number of rotatable bonds is 1. The second kappa shape index (κ2) is 5.42. The fourth-order valence-corrected chi connectivity index (χ4v) is 2.77. The van der Waals surface area contributed by atoms with Gasteiger partial charge in [0, 0.05) is 11.0 Å². The van der Waals surface area contributed by atoms with Gasteiger partial charge in [0.15, 0.2) is 5.17 Å². The Morgan fingerprint density at radius 1 is 1.59 bits per heavy atom. The van der Waals surface area contributed by atoms with Crippen LogP contribution in [0.2, 0.25) is 5.02 Å². The van der Waals surface area contributed by atoms with Crippen molar-refractivity contribution in [2.24, 2.45) is 4.99 Å². The number of hydrogen-bond donors (Lipinski definition) is 0. The fraction of sp³-hybridized carbons (Fsp3) is 0.273. The van der Waals surface area contributed by atoms with Crippen LogP contribution in [0, 0.1) is 0 Å². The number of thioether (sulfide) groups is 1. The van der Waals surface area contributed by atoms with Gasteiger partial charge >= 0.3 is 0 Å². The molecule has 0 aromatic heterocycles. The highest BCUT2D eigenvalue weighted by atomic mass is 79.9. The van der Waals surface area contributed by atoms with Gasteiger partial charge in [0.2, 0.25) is 0 Å². The van der Waals surface area contributed by atoms with Gasteiger partial charge in [-0.1, -0.05) is 39.3 Å². The van der Waals surface area contributed by atoms with Crippen LogP contribution in [-0.4, -0.2) is 35.3 Å². The molecule has 0 N–H and O–H groups in total. The molecule has 1 amide bonds. The lowest BCUT2D eigenvalue weighted by atomic mass is 10.2. The van der Waals surface area contributed by atoms with Crippen molar-refractivity contribution in [2.45, 2.75) is 0 Å². The molecular formula is C11H10BrClN2OS. The topological polar surface area (TPSA) is 32.7 Å². The van der Waals surface area contributed by atoms with E-state index in [-0.39, 0.29) is 5.91 Å². The summed E-state index contributed by atoms with van der Waals surface area (Å²) in [5.41, 5.74) is 0.504. The molecular weight excluding hydrogens is 324 g/mol. The van der Waals surface area contributed by atoms with Gasteiger partial charge in [0.05, 0.1) is 17.1 Å². The molecule has 0 unspecified atom stereocenters. The standard InChI is InChI=1S/C11H10BrClN2OS/c1-17-11-14-4-5-15(11)10(16)8-6-7(12)2-3-9(8)13/h2-3,6H,4-5H2,1H3. The summed E-state index contributed by atoms with van der Waals surface area (Å²) in [5.74, 6) is -0.0955. The number of carbonyl (C=O) groups is 1. The Balaban J connectivity index is 2.31. The largest absolute Gasteiger partial charge is 0.286 e. The zero-order chi connectivity index (χ0) is 12.4. The van der Waals surface area contributed by atoms with Crippen LogP contribution in [0.4, 0.5) is 0 Å². The number of aliphatic imine (C=N–C) groups is 1. The van der Waals surface area contributed by atoms with Crippen LogP contribution in [-0.2, 0) is 0 Å². The first-order chi connectivity index (χ1) is 8.13. The first-order valence-electron chi connectivity index (χ1n) is 4.99. The zero-order valence-corrected chi connectivity index (χ0v) is 12.3. The summed E-state index contributed by atoms with van der Waals surface area (Å²) in [7, 11) is 0. The number of carbonyl (C=O) groups excluding carboxylic acids is 1. The third kappa shape index (κ3) is 2.67. The van der Waals surface area contributed by atoms with Crippen LogP contribution in [0.25, 0.3) is 0 Å². The van der Waals surface area contributed by atoms with E-state index < -0.39 is 0 Å². The molecule has 0 aliphatic carbocycles. The van der Waals surface area contributed by atoms with Gasteiger partial charge in [0.25, 0.3) is 5.91 Å². The van der Waals surface area contributed by atoms with Gasteiger partial charge in [0.1, 0.15) is 0 Å². The van der Waals surface area contributed by atoms with Crippen molar-refractivity contribution < 1.29 is 4.79 Å². The smallest absolute Gasteiger partial charge is 0.261 e. The second-order valence-corrected chi connectivity index (χ2v) is 5.55. The highest BCUT2D eigenvalue weighted by Crippen LogP contribution is 2.24. The highest BCUT2D eigenvalue weighted by Gasteiger charge is 2.25. The van der Waals surface area contributed by atoms with Gasteiger partial charge in [-0.3, -0.25) is 14.7 Å². The fourth-order valence-electron chi connectivity index (χ4n) is 1.60. The Hall–Kier alpha value is -0.520. The summed E-state index contributed by atoms with van der Waals surface area (Å²) >= 11 is 10.9. The van der Waals surface area contributed by atoms with Crippen molar-refractivity contribution in [1.29, 1.82) is 0 Å². The molecule has 0 saturated carbocycles. The molecule has 1 aliphatic heterocycles. The predicted octanol–water partition coefficient (Wildman–Crippen LogP) is 3.28. The Morgan fingerprint density at radius 2 is 2.35 bits per heavy atom. The Labute approximate surface area is 117 Å². The summed E-state index contributed by atoms with van der Waals surface area (Å²) in [6.07, 6.45) is 1.91. The minimum absolute atomic E-state index is 0.0955. The molecule has 0 atom stereocenters. The lowest BCUT2D eigenvalue weighted by Crippen LogP contribution is -2.32. The minimum Gasteiger partial charge on any atom is -0.286 e. The molecule has 2 rings (SSSR count). The van der Waals surface area contributed by atoms with Crippen LogP contribution in [0.3, 0.4) is 0 Å². The Morgan fingerprint density at radius 3 is 3.06 bits per heavy atom. The molecule has 3 nitrogen and oxygen atoms in total. The Bertz CT molecular complexity index is 492. The quantitative estimate of drug-likeness (QED) is 0.790. The average molecular weight is 334 g/mol. The lowest BCUT2D eigenvalue weighted by Gasteiger charge is -2.17. The molecule has 0 saturated heterocycles. The molecule has 1 heterocycles. The molecule has 0 spiro atoms. The number of benzene rings is 1. The van der Waals surface area contributed by atoms with E-state index in [1.165, 1.54) is 11.8 Å². The summed E-state index contributed by atoms with van der Waals surface area (Å²) < 4.78 is 0.840. The van der Waals surface area contributed by atoms with E-state index in [4.69, 9.17) is 11.6 Å². The molecule has 90 valence electrons. The molecule has 6 heteroatoms. The molecule has 0 radical (unpaired) electrons. The third-order valence-electron chi connectivity index (χ3n) is 2.39. The van der Waals surface area contributed by atoms with Crippen LogP contribution >= 0.6 is 39.3 Å². The zero-order valence-electron chi connectivity index (χ0n) is 9.11. The maximum absolute atomic E-state index is 12.3. The molecule has 1 aliphatic rings. The van der Waals surface area contributed by atoms with E-state index in [9.17, 15) is 4.79 Å². The third-order valence-corrected chi connectivity index (χ3v) is 3.93. The minimum atomic E-state index is -0.0955. The number of hydrogen-bond acceptors (Lipinski definition) is 3. The first kappa shape index (κ1) is 12.9. The van der Waals surface area contributed by atoms with Gasteiger partial charge in [-0.25, -0.2) is 0 Å². The molecule has 1 aromatic carbocycles. The monoisotopic (exact) mass is 332 g/mol. The van der Waals surface area contributed by atoms with Crippen LogP contribution in [0.5, 0.6) is 0 Å². The van der Waals surface area contributed by atoms with Gasteiger partial charge in [-0.05, 0) is 24.5 Å². The summed E-state index contributed by atoms with van der Waals surface area (Å²) in [5, 5.41) is 1.22. The maximum atomic E-state index is 12.3. The average Bonchev–Trinajstić information content (AvgIpc) is 2.79. The van der Waals surface area contributed by atoms with E-state index >= 15 is 0 Å². The predicted molar refractivity (Wildman–Crippen MR) is 76.0 cm³/mol. The summed E-state index contributed by atoms with van der Waals surface area (Å²) in [6, 6.07) is 5.26. The van der Waals surface area contributed by atoms with E-state index in [0.29, 0.717) is 23.7 Å². The summed E-state index contributed by atoms with van der Waals surface area (Å²) in [6.45, 7) is 1.28. The normalized spacial score (nSPS) is 15.0. The van der Waals surface area contributed by atoms with Crippen LogP contribution in [0.15, 0.2) is 27.7 Å². The van der Waals surface area contributed by atoms with Crippen LogP contribution < -0.4 is 0 Å². The van der Waals surface area contributed by atoms with Gasteiger partial charge in [-0.2, -0.15) is 0 Å². The number of amides is 1. The molecule has 0 fully saturated rings. The van der Waals surface area contributed by atoms with Crippen molar-refractivity contribution in [3.8, 4) is 0 Å². The van der Waals surface area contributed by atoms with Crippen molar-refractivity contribution in [3.05, 3.63) is 33.3 Å². The number of nitrogens with zero attached hydrogens (tertiary/aromatic N) is 2. The number of halogens is 2. The van der Waals surface area contributed by atoms with Gasteiger partial charge < -0.3 is 0 Å².